The molecule has 2 rings (SSSR count). The summed E-state index contributed by atoms with van der Waals surface area (Å²) in [5, 5.41) is 13.3. The Morgan fingerprint density at radius 1 is 1.32 bits per heavy atom. The van der Waals surface area contributed by atoms with Gasteiger partial charge in [0.05, 0.1) is 22.6 Å². The summed E-state index contributed by atoms with van der Waals surface area (Å²) in [4.78, 5) is 23.5. The molecular weight excluding hydrogens is 519 g/mol. The van der Waals surface area contributed by atoms with Gasteiger partial charge in [0.25, 0.3) is 0 Å². The lowest BCUT2D eigenvalue weighted by Gasteiger charge is -2.12. The molecule has 0 aliphatic heterocycles. The van der Waals surface area contributed by atoms with E-state index in [1.807, 2.05) is 34.7 Å². The van der Waals surface area contributed by atoms with E-state index in [4.69, 9.17) is 26.2 Å². The molecule has 0 spiro atoms. The fraction of sp³-hybridized carbons (Fsp3) is 0.167. The van der Waals surface area contributed by atoms with Gasteiger partial charge in [-0.1, -0.05) is 11.6 Å². The Morgan fingerprint density at radius 2 is 2.04 bits per heavy atom. The van der Waals surface area contributed by atoms with Crippen LogP contribution in [0.4, 0.5) is 0 Å². The number of halogens is 2. The zero-order chi connectivity index (χ0) is 20.5. The average Bonchev–Trinajstić information content (AvgIpc) is 2.66. The average molecular weight is 535 g/mol. The summed E-state index contributed by atoms with van der Waals surface area (Å²) < 4.78 is 11.1. The highest BCUT2D eigenvalue weighted by Crippen LogP contribution is 2.33. The number of aliphatic carboxylic acids is 1. The van der Waals surface area contributed by atoms with E-state index < -0.39 is 12.6 Å². The molecule has 10 heteroatoms. The van der Waals surface area contributed by atoms with Crippen LogP contribution < -0.4 is 14.9 Å². The molecule has 2 N–H and O–H groups in total. The van der Waals surface area contributed by atoms with Crippen LogP contribution in [0.2, 0.25) is 5.02 Å². The van der Waals surface area contributed by atoms with Crippen molar-refractivity contribution in [2.45, 2.75) is 4.90 Å². The molecule has 0 saturated carbocycles. The SMILES string of the molecule is COc1cc(/C=N\NC(=O)CSc2ccc(Cl)cc2)cc(I)c1OCC(=O)O. The molecule has 0 aromatic heterocycles. The number of carboxylic acid groups (broad SMARTS) is 1. The molecule has 0 aliphatic carbocycles. The number of hydrazone groups is 1. The molecule has 1 amide bonds. The van der Waals surface area contributed by atoms with Gasteiger partial charge in [0, 0.05) is 9.92 Å². The molecule has 0 unspecified atom stereocenters. The van der Waals surface area contributed by atoms with Crippen molar-refractivity contribution in [3.05, 3.63) is 50.6 Å². The molecule has 7 nitrogen and oxygen atoms in total. The highest BCUT2D eigenvalue weighted by Gasteiger charge is 2.12. The van der Waals surface area contributed by atoms with Crippen LogP contribution in [0.25, 0.3) is 0 Å². The Balaban J connectivity index is 1.93. The molecule has 0 heterocycles. The minimum Gasteiger partial charge on any atom is -0.493 e. The molecule has 0 saturated heterocycles. The van der Waals surface area contributed by atoms with Crippen molar-refractivity contribution in [1.82, 2.24) is 5.43 Å². The Morgan fingerprint density at radius 3 is 2.68 bits per heavy atom. The number of carbonyl (C=O) groups is 2. The smallest absolute Gasteiger partial charge is 0.341 e. The van der Waals surface area contributed by atoms with E-state index in [0.29, 0.717) is 25.7 Å². The summed E-state index contributed by atoms with van der Waals surface area (Å²) in [6.45, 7) is -0.471. The van der Waals surface area contributed by atoms with E-state index in [0.717, 1.165) is 4.90 Å². The minimum absolute atomic E-state index is 0.210. The summed E-state index contributed by atoms with van der Waals surface area (Å²) in [5.41, 5.74) is 3.12. The molecule has 0 fully saturated rings. The Bertz CT molecular complexity index is 877. The van der Waals surface area contributed by atoms with Crippen molar-refractivity contribution in [2.24, 2.45) is 5.10 Å². The number of hydrogen-bond donors (Lipinski definition) is 2. The molecule has 0 aliphatic rings. The van der Waals surface area contributed by atoms with E-state index in [1.165, 1.54) is 25.1 Å². The van der Waals surface area contributed by atoms with Crippen molar-refractivity contribution < 1.29 is 24.2 Å². The number of methoxy groups -OCH3 is 1. The van der Waals surface area contributed by atoms with Crippen molar-refractivity contribution in [3.8, 4) is 11.5 Å². The second-order valence-corrected chi connectivity index (χ2v) is 7.90. The summed E-state index contributed by atoms with van der Waals surface area (Å²) in [6.07, 6.45) is 1.47. The maximum absolute atomic E-state index is 11.9. The van der Waals surface area contributed by atoms with Crippen LogP contribution in [0.3, 0.4) is 0 Å². The van der Waals surface area contributed by atoms with E-state index in [1.54, 1.807) is 24.3 Å². The summed E-state index contributed by atoms with van der Waals surface area (Å²) in [7, 11) is 1.45. The van der Waals surface area contributed by atoms with E-state index in [-0.39, 0.29) is 11.7 Å². The first-order chi connectivity index (χ1) is 13.4. The third kappa shape index (κ3) is 7.21. The predicted octanol–water partition coefficient (Wildman–Crippen LogP) is 3.66. The maximum Gasteiger partial charge on any atom is 0.341 e. The molecule has 2 aromatic carbocycles. The number of thioether (sulfide) groups is 1. The number of amides is 1. The number of nitrogens with zero attached hydrogens (tertiary/aromatic N) is 1. The molecule has 2 aromatic rings. The fourth-order valence-electron chi connectivity index (χ4n) is 1.98. The number of nitrogens with one attached hydrogen (secondary N) is 1. The van der Waals surface area contributed by atoms with Gasteiger partial charge in [-0.25, -0.2) is 10.2 Å². The quantitative estimate of drug-likeness (QED) is 0.221. The van der Waals surface area contributed by atoms with Crippen LogP contribution in [-0.4, -0.2) is 42.7 Å². The third-order valence-corrected chi connectivity index (χ3v) is 5.24. The van der Waals surface area contributed by atoms with Crippen molar-refractivity contribution in [1.29, 1.82) is 0 Å². The van der Waals surface area contributed by atoms with Gasteiger partial charge in [0.15, 0.2) is 18.1 Å². The zero-order valence-electron chi connectivity index (χ0n) is 14.6. The van der Waals surface area contributed by atoms with Crippen molar-refractivity contribution in [2.75, 3.05) is 19.5 Å². The van der Waals surface area contributed by atoms with Gasteiger partial charge in [-0.15, -0.1) is 11.8 Å². The highest BCUT2D eigenvalue weighted by molar-refractivity contribution is 14.1. The van der Waals surface area contributed by atoms with Crippen LogP contribution >= 0.6 is 46.0 Å². The lowest BCUT2D eigenvalue weighted by molar-refractivity contribution is -0.139. The number of benzene rings is 2. The Hall–Kier alpha value is -1.98. The molecule has 0 atom stereocenters. The summed E-state index contributed by atoms with van der Waals surface area (Å²) >= 11 is 9.20. The Labute approximate surface area is 184 Å². The number of hydrogen-bond acceptors (Lipinski definition) is 6. The number of ether oxygens (including phenoxy) is 2. The van der Waals surface area contributed by atoms with Gasteiger partial charge in [0.2, 0.25) is 5.91 Å². The first kappa shape index (κ1) is 22.3. The second-order valence-electron chi connectivity index (χ2n) is 5.25. The lowest BCUT2D eigenvalue weighted by Crippen LogP contribution is -2.19. The van der Waals surface area contributed by atoms with E-state index in [2.05, 4.69) is 10.5 Å². The highest BCUT2D eigenvalue weighted by atomic mass is 127. The normalized spacial score (nSPS) is 10.7. The predicted molar refractivity (Wildman–Crippen MR) is 117 cm³/mol. The van der Waals surface area contributed by atoms with Gasteiger partial charge >= 0.3 is 5.97 Å². The molecule has 0 radical (unpaired) electrons. The molecule has 0 bridgehead atoms. The number of carbonyl (C=O) groups excluding carboxylic acids is 1. The summed E-state index contributed by atoms with van der Waals surface area (Å²) in [5.74, 6) is -0.408. The Kier molecular flexibility index (Phi) is 8.87. The summed E-state index contributed by atoms with van der Waals surface area (Å²) in [6, 6.07) is 10.6. The number of rotatable bonds is 9. The van der Waals surface area contributed by atoms with Crippen LogP contribution in [0.15, 0.2) is 46.4 Å². The monoisotopic (exact) mass is 534 g/mol. The minimum atomic E-state index is -1.08. The van der Waals surface area contributed by atoms with Crippen LogP contribution in [0.5, 0.6) is 11.5 Å². The van der Waals surface area contributed by atoms with Crippen LogP contribution in [-0.2, 0) is 9.59 Å². The van der Waals surface area contributed by atoms with Crippen LogP contribution in [0.1, 0.15) is 5.56 Å². The molecule has 148 valence electrons. The van der Waals surface area contributed by atoms with E-state index in [9.17, 15) is 9.59 Å². The maximum atomic E-state index is 11.9. The zero-order valence-corrected chi connectivity index (χ0v) is 18.4. The van der Waals surface area contributed by atoms with Crippen molar-refractivity contribution >= 4 is 64.0 Å². The van der Waals surface area contributed by atoms with Gasteiger partial charge < -0.3 is 14.6 Å². The standard InChI is InChI=1S/C18H16ClIN2O5S/c1-26-15-7-11(6-14(20)18(15)27-9-17(24)25)8-21-22-16(23)10-28-13-4-2-12(19)3-5-13/h2-8H,9-10H2,1H3,(H,22,23)(H,24,25)/b21-8-. The first-order valence-electron chi connectivity index (χ1n) is 7.81. The largest absolute Gasteiger partial charge is 0.493 e. The van der Waals surface area contributed by atoms with Crippen molar-refractivity contribution in [3.63, 3.8) is 0 Å². The van der Waals surface area contributed by atoms with Crippen LogP contribution in [0, 0.1) is 3.57 Å². The van der Waals surface area contributed by atoms with Gasteiger partial charge in [-0.2, -0.15) is 5.10 Å². The van der Waals surface area contributed by atoms with Gasteiger partial charge in [-0.05, 0) is 64.6 Å². The first-order valence-corrected chi connectivity index (χ1v) is 10.3. The molecular formula is C18H16ClIN2O5S. The second kappa shape index (κ2) is 11.1. The van der Waals surface area contributed by atoms with E-state index >= 15 is 0 Å². The lowest BCUT2D eigenvalue weighted by atomic mass is 10.2. The topological polar surface area (TPSA) is 97.2 Å². The molecule has 28 heavy (non-hydrogen) atoms. The van der Waals surface area contributed by atoms with Gasteiger partial charge in [-0.3, -0.25) is 4.79 Å². The third-order valence-electron chi connectivity index (χ3n) is 3.18. The number of carboxylic acids is 1. The fourth-order valence-corrected chi connectivity index (χ4v) is 3.58. The van der Waals surface area contributed by atoms with Gasteiger partial charge in [0.1, 0.15) is 0 Å².